The van der Waals surface area contributed by atoms with E-state index in [9.17, 15) is 4.79 Å². The Balaban J connectivity index is 1.72. The van der Waals surface area contributed by atoms with E-state index in [1.807, 2.05) is 27.1 Å². The molecule has 0 bridgehead atoms. The van der Waals surface area contributed by atoms with Gasteiger partial charge in [-0.3, -0.25) is 9.48 Å². The van der Waals surface area contributed by atoms with Gasteiger partial charge in [0.15, 0.2) is 5.82 Å². The van der Waals surface area contributed by atoms with E-state index >= 15 is 0 Å². The van der Waals surface area contributed by atoms with Crippen LogP contribution in [-0.2, 0) is 11.8 Å². The lowest BCUT2D eigenvalue weighted by molar-refractivity contribution is -0.125. The summed E-state index contributed by atoms with van der Waals surface area (Å²) < 4.78 is 1.69. The topological polar surface area (TPSA) is 96.8 Å². The Labute approximate surface area is 157 Å². The Morgan fingerprint density at radius 3 is 2.85 bits per heavy atom. The lowest BCUT2D eigenvalue weighted by Gasteiger charge is -2.22. The number of hydrogen-bond donors (Lipinski definition) is 3. The first-order valence-corrected chi connectivity index (χ1v) is 9.15. The zero-order chi connectivity index (χ0) is 18.7. The van der Waals surface area contributed by atoms with Gasteiger partial charge >= 0.3 is 0 Å². The number of amides is 1. The fourth-order valence-electron chi connectivity index (χ4n) is 3.16. The molecule has 2 atom stereocenters. The Bertz CT molecular complexity index is 776. The molecule has 0 aromatic carbocycles. The SMILES string of the molecule is CC(C)NC(=O)[C@@H]1CCC[C@@H]1Nc1nc(Nc2cnn(C)c2)ncc1Cl. The first-order valence-electron chi connectivity index (χ1n) is 8.77. The van der Waals surface area contributed by atoms with Crippen molar-refractivity contribution < 1.29 is 4.79 Å². The number of anilines is 3. The van der Waals surface area contributed by atoms with Crippen molar-refractivity contribution in [3.8, 4) is 0 Å². The molecule has 0 aliphatic heterocycles. The Morgan fingerprint density at radius 2 is 2.15 bits per heavy atom. The maximum absolute atomic E-state index is 12.4. The Kier molecular flexibility index (Phi) is 5.61. The number of rotatable bonds is 6. The summed E-state index contributed by atoms with van der Waals surface area (Å²) in [6, 6.07) is 0.133. The van der Waals surface area contributed by atoms with E-state index in [2.05, 4.69) is 31.0 Å². The van der Waals surface area contributed by atoms with Crippen molar-refractivity contribution in [3.63, 3.8) is 0 Å². The normalized spacial score (nSPS) is 19.6. The third-order valence-corrected chi connectivity index (χ3v) is 4.59. The van der Waals surface area contributed by atoms with Gasteiger partial charge < -0.3 is 16.0 Å². The molecule has 0 saturated heterocycles. The lowest BCUT2D eigenvalue weighted by atomic mass is 10.0. The van der Waals surface area contributed by atoms with Gasteiger partial charge in [-0.25, -0.2) is 4.98 Å². The molecule has 0 radical (unpaired) electrons. The van der Waals surface area contributed by atoms with Crippen LogP contribution in [0.3, 0.4) is 0 Å². The molecule has 8 nitrogen and oxygen atoms in total. The van der Waals surface area contributed by atoms with E-state index in [0.29, 0.717) is 16.8 Å². The zero-order valence-electron chi connectivity index (χ0n) is 15.2. The molecule has 1 aliphatic carbocycles. The number of halogens is 1. The van der Waals surface area contributed by atoms with Crippen molar-refractivity contribution in [1.82, 2.24) is 25.1 Å². The highest BCUT2D eigenvalue weighted by Gasteiger charge is 2.33. The predicted molar refractivity (Wildman–Crippen MR) is 102 cm³/mol. The average Bonchev–Trinajstić information content (AvgIpc) is 3.19. The van der Waals surface area contributed by atoms with E-state index < -0.39 is 0 Å². The third kappa shape index (κ3) is 4.43. The third-order valence-electron chi connectivity index (χ3n) is 4.31. The van der Waals surface area contributed by atoms with Crippen LogP contribution in [0.2, 0.25) is 5.02 Å². The maximum Gasteiger partial charge on any atom is 0.229 e. The maximum atomic E-state index is 12.4. The number of nitrogens with one attached hydrogen (secondary N) is 3. The molecular formula is C17H24ClN7O. The van der Waals surface area contributed by atoms with Gasteiger partial charge in [-0.2, -0.15) is 10.1 Å². The molecule has 3 rings (SSSR count). The van der Waals surface area contributed by atoms with E-state index in [1.165, 1.54) is 0 Å². The van der Waals surface area contributed by atoms with E-state index in [4.69, 9.17) is 11.6 Å². The minimum Gasteiger partial charge on any atom is -0.365 e. The number of carbonyl (C=O) groups excluding carboxylic acids is 1. The highest BCUT2D eigenvalue weighted by atomic mass is 35.5. The number of nitrogens with zero attached hydrogens (tertiary/aromatic N) is 4. The molecule has 3 N–H and O–H groups in total. The summed E-state index contributed by atoms with van der Waals surface area (Å²) in [5.74, 6) is 0.945. The van der Waals surface area contributed by atoms with Crippen molar-refractivity contribution in [2.24, 2.45) is 13.0 Å². The average molecular weight is 378 g/mol. The molecule has 1 fully saturated rings. The number of carbonyl (C=O) groups is 1. The standard InChI is InChI=1S/C17H24ClN7O/c1-10(2)21-16(26)12-5-4-6-14(12)23-15-13(18)8-19-17(24-15)22-11-7-20-25(3)9-11/h7-10,12,14H,4-6H2,1-3H3,(H,21,26)(H2,19,22,23,24)/t12-,14+/m1/s1. The van der Waals surface area contributed by atoms with Gasteiger partial charge in [-0.05, 0) is 26.7 Å². The first-order chi connectivity index (χ1) is 12.4. The van der Waals surface area contributed by atoms with Crippen LogP contribution >= 0.6 is 11.6 Å². The van der Waals surface area contributed by atoms with Crippen molar-refractivity contribution >= 4 is 35.0 Å². The minimum absolute atomic E-state index is 0.00684. The highest BCUT2D eigenvalue weighted by molar-refractivity contribution is 6.32. The van der Waals surface area contributed by atoms with Crippen LogP contribution in [0.25, 0.3) is 0 Å². The van der Waals surface area contributed by atoms with Crippen LogP contribution in [0.5, 0.6) is 0 Å². The smallest absolute Gasteiger partial charge is 0.229 e. The molecule has 140 valence electrons. The van der Waals surface area contributed by atoms with Crippen molar-refractivity contribution in [2.45, 2.75) is 45.2 Å². The molecule has 2 aromatic heterocycles. The van der Waals surface area contributed by atoms with Crippen LogP contribution < -0.4 is 16.0 Å². The second-order valence-corrected chi connectivity index (χ2v) is 7.28. The zero-order valence-corrected chi connectivity index (χ0v) is 15.9. The molecule has 0 unspecified atom stereocenters. The summed E-state index contributed by atoms with van der Waals surface area (Å²) in [4.78, 5) is 21.1. The van der Waals surface area contributed by atoms with Gasteiger partial charge in [0.05, 0.1) is 24.0 Å². The van der Waals surface area contributed by atoms with Crippen LogP contribution in [0, 0.1) is 5.92 Å². The summed E-state index contributed by atoms with van der Waals surface area (Å²) >= 11 is 6.26. The summed E-state index contributed by atoms with van der Waals surface area (Å²) in [6.45, 7) is 3.93. The van der Waals surface area contributed by atoms with Gasteiger partial charge in [0.2, 0.25) is 11.9 Å². The molecule has 1 aliphatic rings. The van der Waals surface area contributed by atoms with E-state index in [1.54, 1.807) is 17.1 Å². The van der Waals surface area contributed by atoms with Crippen molar-refractivity contribution in [2.75, 3.05) is 10.6 Å². The van der Waals surface area contributed by atoms with Gasteiger partial charge in [0.1, 0.15) is 5.02 Å². The quantitative estimate of drug-likeness (QED) is 0.716. The molecule has 1 amide bonds. The van der Waals surface area contributed by atoms with E-state index in [0.717, 1.165) is 24.9 Å². The summed E-state index contributed by atoms with van der Waals surface area (Å²) in [5.41, 5.74) is 0.788. The van der Waals surface area contributed by atoms with Crippen LogP contribution in [0.4, 0.5) is 17.5 Å². The lowest BCUT2D eigenvalue weighted by Crippen LogP contribution is -2.41. The molecule has 9 heteroatoms. The Morgan fingerprint density at radius 1 is 1.35 bits per heavy atom. The molecular weight excluding hydrogens is 354 g/mol. The molecule has 0 spiro atoms. The molecule has 1 saturated carbocycles. The van der Waals surface area contributed by atoms with Gasteiger partial charge in [-0.1, -0.05) is 18.0 Å². The highest BCUT2D eigenvalue weighted by Crippen LogP contribution is 2.31. The van der Waals surface area contributed by atoms with Crippen LogP contribution in [-0.4, -0.2) is 37.7 Å². The second kappa shape index (κ2) is 7.90. The largest absolute Gasteiger partial charge is 0.365 e. The van der Waals surface area contributed by atoms with Gasteiger partial charge in [-0.15, -0.1) is 0 Å². The van der Waals surface area contributed by atoms with E-state index in [-0.39, 0.29) is 23.9 Å². The number of hydrogen-bond acceptors (Lipinski definition) is 6. The predicted octanol–water partition coefficient (Wildman–Crippen LogP) is 2.71. The summed E-state index contributed by atoms with van der Waals surface area (Å²) in [6.07, 6.45) is 7.83. The number of aromatic nitrogens is 4. The van der Waals surface area contributed by atoms with Crippen molar-refractivity contribution in [1.29, 1.82) is 0 Å². The minimum atomic E-state index is -0.0850. The monoisotopic (exact) mass is 377 g/mol. The van der Waals surface area contributed by atoms with Crippen LogP contribution in [0.15, 0.2) is 18.6 Å². The number of aryl methyl sites for hydroxylation is 1. The molecule has 2 heterocycles. The van der Waals surface area contributed by atoms with Crippen LogP contribution in [0.1, 0.15) is 33.1 Å². The summed E-state index contributed by atoms with van der Waals surface area (Å²) in [5, 5.41) is 14.0. The van der Waals surface area contributed by atoms with Crippen molar-refractivity contribution in [3.05, 3.63) is 23.6 Å². The summed E-state index contributed by atoms with van der Waals surface area (Å²) in [7, 11) is 1.84. The molecule has 2 aromatic rings. The molecule has 26 heavy (non-hydrogen) atoms. The fraction of sp³-hybridized carbons (Fsp3) is 0.529. The van der Waals surface area contributed by atoms with Gasteiger partial charge in [0.25, 0.3) is 0 Å². The Hall–Kier alpha value is -2.35. The first kappa shape index (κ1) is 18.4. The van der Waals surface area contributed by atoms with Gasteiger partial charge in [0, 0.05) is 25.3 Å². The second-order valence-electron chi connectivity index (χ2n) is 6.87. The fourth-order valence-corrected chi connectivity index (χ4v) is 3.30.